The summed E-state index contributed by atoms with van der Waals surface area (Å²) in [6.45, 7) is 20.4. The number of aromatic nitrogens is 3. The predicted molar refractivity (Wildman–Crippen MR) is 280 cm³/mol. The van der Waals surface area contributed by atoms with Crippen LogP contribution in [0.1, 0.15) is 73.2 Å². The zero-order valence-electron chi connectivity index (χ0n) is 42.0. The number of likely N-dealkylation sites (tertiary alicyclic amines) is 1. The van der Waals surface area contributed by atoms with Crippen LogP contribution in [0.2, 0.25) is 0 Å². The molecule has 3 aromatic carbocycles. The van der Waals surface area contributed by atoms with E-state index in [2.05, 4.69) is 101 Å². The molecular formula is C58H63N9O5. The zero-order chi connectivity index (χ0) is 49.8. The van der Waals surface area contributed by atoms with Gasteiger partial charge in [-0.15, -0.1) is 6.58 Å². The number of ether oxygens (including phenoxy) is 3. The number of likely N-dealkylation sites (N-methyl/N-ethyl adjacent to an activating group) is 1. The molecule has 6 aliphatic rings. The number of carbonyl (C=O) groups is 2. The van der Waals surface area contributed by atoms with Crippen LogP contribution in [-0.4, -0.2) is 120 Å². The van der Waals surface area contributed by atoms with Crippen LogP contribution in [-0.2, 0) is 40.3 Å². The fraction of sp³-hybridized carbons (Fsp3) is 0.414. The number of fused-ring (bicyclic) bond motifs is 6. The molecule has 0 saturated carbocycles. The molecule has 14 nitrogen and oxygen atoms in total. The first-order valence-corrected chi connectivity index (χ1v) is 25.6. The van der Waals surface area contributed by atoms with E-state index >= 15 is 0 Å². The number of nitrogens with zero attached hydrogens (tertiary/aromatic N) is 9. The molecular weight excluding hydrogens is 903 g/mol. The second-order valence-electron chi connectivity index (χ2n) is 20.6. The highest BCUT2D eigenvalue weighted by Gasteiger charge is 2.45. The van der Waals surface area contributed by atoms with Crippen LogP contribution in [0, 0.1) is 23.7 Å². The Morgan fingerprint density at radius 2 is 1.85 bits per heavy atom. The summed E-state index contributed by atoms with van der Waals surface area (Å²) in [5.41, 5.74) is 11.1. The van der Waals surface area contributed by atoms with Crippen molar-refractivity contribution in [3.8, 4) is 17.8 Å². The summed E-state index contributed by atoms with van der Waals surface area (Å²) in [6.07, 6.45) is 8.31. The third kappa shape index (κ3) is 8.31. The molecule has 0 unspecified atom stereocenters. The van der Waals surface area contributed by atoms with Crippen LogP contribution in [0.4, 0.5) is 11.5 Å². The van der Waals surface area contributed by atoms with Gasteiger partial charge in [0.05, 0.1) is 53.1 Å². The van der Waals surface area contributed by atoms with E-state index in [-0.39, 0.29) is 24.9 Å². The third-order valence-electron chi connectivity index (χ3n) is 16.2. The Bertz CT molecular complexity index is 3170. The van der Waals surface area contributed by atoms with E-state index in [1.807, 2.05) is 32.1 Å². The average Bonchev–Trinajstić information content (AvgIpc) is 3.98. The predicted octanol–water partition coefficient (Wildman–Crippen LogP) is 8.26. The van der Waals surface area contributed by atoms with Gasteiger partial charge in [0.15, 0.2) is 0 Å². The SMILES string of the molecule is C=CCc1c(OCC(=C)C(=O)N2CCN(c3nc(OC[C@@H]4CCCN4C)nc4c3CCN(c3cccc5cccc(C)c35)C4)C[C@@H]2CC#N)ccc2nc3c(cc12)CN1CC2=C(C=C31)[C@@](C)(CC)C(=O)OC2. The van der Waals surface area contributed by atoms with E-state index in [0.717, 1.165) is 94.0 Å². The molecule has 3 atom stereocenters. The van der Waals surface area contributed by atoms with Crippen molar-refractivity contribution >= 4 is 50.8 Å². The second kappa shape index (κ2) is 19.1. The number of hydrogen-bond donors (Lipinski definition) is 0. The molecule has 2 saturated heterocycles. The van der Waals surface area contributed by atoms with Crippen molar-refractivity contribution in [2.75, 3.05) is 75.9 Å². The highest BCUT2D eigenvalue weighted by molar-refractivity contribution is 5.97. The standard InChI is InChI=1S/C58H63N9O5/c1-7-12-43-45-27-39-29-66-30-40-34-71-56(69)58(5,8-2)46(40)28-50(66)53(39)60-47(45)18-19-51(43)70-33-37(4)55(68)67-26-25-65(31-41(67)20-22-59)54-44-21-24-64(49-17-10-15-38-14-9-13-36(3)52(38)49)32-48(44)61-57(62-54)72-35-42-16-11-23-63(42)6/h7,9-10,13-15,17-19,27-28,41-42H,1,4,8,11-12,16,20-21,23-26,29-35H2,2-3,5-6H3/t41-,42-,58+/m0/s1. The lowest BCUT2D eigenvalue weighted by Crippen LogP contribution is -2.56. The largest absolute Gasteiger partial charge is 0.488 e. The van der Waals surface area contributed by atoms with Crippen LogP contribution < -0.4 is 19.3 Å². The fourth-order valence-electron chi connectivity index (χ4n) is 12.0. The number of carbonyl (C=O) groups excluding carboxylic acids is 2. The summed E-state index contributed by atoms with van der Waals surface area (Å²) in [5.74, 6) is 1.05. The van der Waals surface area contributed by atoms with Crippen LogP contribution in [0.25, 0.3) is 27.4 Å². The minimum atomic E-state index is -0.683. The monoisotopic (exact) mass is 965 g/mol. The van der Waals surface area contributed by atoms with E-state index in [1.54, 1.807) is 4.90 Å². The molecule has 0 aliphatic carbocycles. The maximum Gasteiger partial charge on any atom is 0.318 e. The molecule has 1 amide bonds. The van der Waals surface area contributed by atoms with Crippen molar-refractivity contribution in [2.45, 2.75) is 84.5 Å². The van der Waals surface area contributed by atoms with Crippen molar-refractivity contribution < 1.29 is 23.8 Å². The molecule has 11 rings (SSSR count). The number of allylic oxidation sites excluding steroid dienone is 2. The molecule has 6 aliphatic heterocycles. The number of benzene rings is 3. The molecule has 0 bridgehead atoms. The number of anilines is 2. The number of cyclic esters (lactones) is 1. The molecule has 72 heavy (non-hydrogen) atoms. The Labute approximate surface area is 421 Å². The zero-order valence-corrected chi connectivity index (χ0v) is 42.0. The summed E-state index contributed by atoms with van der Waals surface area (Å²) < 4.78 is 18.6. The maximum absolute atomic E-state index is 14.4. The maximum atomic E-state index is 14.4. The molecule has 2 aromatic heterocycles. The Morgan fingerprint density at radius 1 is 1.00 bits per heavy atom. The van der Waals surface area contributed by atoms with Crippen molar-refractivity contribution in [1.82, 2.24) is 29.7 Å². The van der Waals surface area contributed by atoms with Gasteiger partial charge in [0, 0.05) is 78.5 Å². The van der Waals surface area contributed by atoms with Crippen LogP contribution >= 0.6 is 0 Å². The quantitative estimate of drug-likeness (QED) is 0.0636. The van der Waals surface area contributed by atoms with Gasteiger partial charge in [-0.05, 0) is 118 Å². The highest BCUT2D eigenvalue weighted by Crippen LogP contribution is 2.47. The van der Waals surface area contributed by atoms with Gasteiger partial charge in [-0.3, -0.25) is 9.59 Å². The number of hydrogen-bond acceptors (Lipinski definition) is 13. The van der Waals surface area contributed by atoms with Gasteiger partial charge in [-0.25, -0.2) is 4.98 Å². The van der Waals surface area contributed by atoms with Gasteiger partial charge in [0.25, 0.3) is 5.91 Å². The lowest BCUT2D eigenvalue weighted by molar-refractivity contribution is -0.153. The third-order valence-corrected chi connectivity index (χ3v) is 16.2. The summed E-state index contributed by atoms with van der Waals surface area (Å²) >= 11 is 0. The molecule has 0 spiro atoms. The molecule has 2 fully saturated rings. The number of nitriles is 1. The Hall–Kier alpha value is -7.24. The molecule has 14 heteroatoms. The molecule has 5 aromatic rings. The number of amides is 1. The number of aryl methyl sites for hydroxylation is 1. The molecule has 8 heterocycles. The molecule has 0 N–H and O–H groups in total. The van der Waals surface area contributed by atoms with E-state index in [0.29, 0.717) is 88.7 Å². The second-order valence-corrected chi connectivity index (χ2v) is 20.6. The van der Waals surface area contributed by atoms with Gasteiger partial charge in [0.1, 0.15) is 31.4 Å². The van der Waals surface area contributed by atoms with Gasteiger partial charge in [-0.1, -0.05) is 49.9 Å². The van der Waals surface area contributed by atoms with E-state index in [4.69, 9.17) is 29.2 Å². The number of pyridine rings is 1. The normalized spacial score (nSPS) is 21.7. The van der Waals surface area contributed by atoms with E-state index < -0.39 is 11.5 Å². The van der Waals surface area contributed by atoms with Crippen molar-refractivity contribution in [3.63, 3.8) is 0 Å². The Kier molecular flexibility index (Phi) is 12.5. The molecule has 0 radical (unpaired) electrons. The Balaban J connectivity index is 0.813. The van der Waals surface area contributed by atoms with Crippen LogP contribution in [0.5, 0.6) is 11.8 Å². The number of esters is 1. The van der Waals surface area contributed by atoms with Gasteiger partial charge in [-0.2, -0.15) is 15.2 Å². The summed E-state index contributed by atoms with van der Waals surface area (Å²) in [5, 5.41) is 13.6. The van der Waals surface area contributed by atoms with Gasteiger partial charge < -0.3 is 38.7 Å². The van der Waals surface area contributed by atoms with Crippen LogP contribution in [0.15, 0.2) is 96.6 Å². The molecule has 370 valence electrons. The minimum absolute atomic E-state index is 0.0236. The smallest absolute Gasteiger partial charge is 0.318 e. The number of piperazine rings is 1. The van der Waals surface area contributed by atoms with Crippen LogP contribution in [0.3, 0.4) is 0 Å². The summed E-state index contributed by atoms with van der Waals surface area (Å²) in [4.78, 5) is 53.9. The minimum Gasteiger partial charge on any atom is -0.488 e. The van der Waals surface area contributed by atoms with E-state index in [1.165, 1.54) is 22.0 Å². The Morgan fingerprint density at radius 3 is 2.64 bits per heavy atom. The van der Waals surface area contributed by atoms with Crippen molar-refractivity contribution in [2.24, 2.45) is 5.41 Å². The summed E-state index contributed by atoms with van der Waals surface area (Å²) in [7, 11) is 2.14. The number of rotatable bonds is 13. The lowest BCUT2D eigenvalue weighted by Gasteiger charge is -2.42. The average molecular weight is 966 g/mol. The fourth-order valence-corrected chi connectivity index (χ4v) is 12.0. The van der Waals surface area contributed by atoms with Crippen molar-refractivity contribution in [1.29, 1.82) is 5.26 Å². The summed E-state index contributed by atoms with van der Waals surface area (Å²) in [6, 6.07) is 21.7. The van der Waals surface area contributed by atoms with E-state index in [9.17, 15) is 14.9 Å². The topological polar surface area (TPSA) is 140 Å². The first kappa shape index (κ1) is 47.1. The first-order chi connectivity index (χ1) is 35.0. The highest BCUT2D eigenvalue weighted by atomic mass is 16.5. The van der Waals surface area contributed by atoms with Crippen molar-refractivity contribution in [3.05, 3.63) is 130 Å². The lowest BCUT2D eigenvalue weighted by atomic mass is 9.74. The van der Waals surface area contributed by atoms with Gasteiger partial charge >= 0.3 is 12.0 Å². The first-order valence-electron chi connectivity index (χ1n) is 25.6. The van der Waals surface area contributed by atoms with Gasteiger partial charge in [0.2, 0.25) is 0 Å².